The molecule has 0 saturated heterocycles. The van der Waals surface area contributed by atoms with Crippen LogP contribution in [0.5, 0.6) is 0 Å². The summed E-state index contributed by atoms with van der Waals surface area (Å²) >= 11 is 0. The van der Waals surface area contributed by atoms with Crippen LogP contribution in [0.15, 0.2) is 236 Å². The standard InChI is InChI=1S/C57H39N5Si/c1-4-20-40(21-5-1)41-22-18-28-45(38-41)63(43-24-6-2-7-25-43,44-26-8-3-9-27-44)46-29-19-23-42(39-46)55-58-56(61-51-34-14-10-30-47(51)48-31-11-15-35-52(48)61)60-57(59-55)62-53-36-16-12-32-49(53)50-33-13-17-37-54(50)62/h1-39H/i1D,4D,5D,10D,11D,12D,13D,14D,15D,16D,17D,20D,21D,30D,31D,32D,33D,34D,35D,36D,37D. The van der Waals surface area contributed by atoms with Crippen LogP contribution in [0, 0.1) is 0 Å². The van der Waals surface area contributed by atoms with Crippen molar-refractivity contribution < 1.29 is 28.8 Å². The molecule has 0 atom stereocenters. The summed E-state index contributed by atoms with van der Waals surface area (Å²) in [5.41, 5.74) is -1.02. The van der Waals surface area contributed by atoms with Crippen molar-refractivity contribution in [2.75, 3.05) is 0 Å². The highest BCUT2D eigenvalue weighted by molar-refractivity contribution is 7.20. The molecule has 0 aliphatic heterocycles. The fourth-order valence-corrected chi connectivity index (χ4v) is 13.3. The number of aromatic nitrogens is 5. The van der Waals surface area contributed by atoms with Crippen LogP contribution in [0.4, 0.5) is 0 Å². The topological polar surface area (TPSA) is 48.5 Å². The number of para-hydroxylation sites is 4. The zero-order valence-corrected chi connectivity index (χ0v) is 33.6. The lowest BCUT2D eigenvalue weighted by Crippen LogP contribution is -2.74. The summed E-state index contributed by atoms with van der Waals surface area (Å²) in [5.74, 6) is -1.34. The minimum absolute atomic E-state index is 0.0227. The van der Waals surface area contributed by atoms with E-state index in [4.69, 9.17) is 38.3 Å². The van der Waals surface area contributed by atoms with Crippen LogP contribution in [-0.4, -0.2) is 32.2 Å². The normalized spacial score (nSPS) is 16.5. The van der Waals surface area contributed by atoms with Gasteiger partial charge in [0.2, 0.25) is 11.9 Å². The molecular weight excluding hydrogens is 783 g/mol. The van der Waals surface area contributed by atoms with Crippen molar-refractivity contribution in [2.45, 2.75) is 0 Å². The summed E-state index contributed by atoms with van der Waals surface area (Å²) in [6, 6.07) is 19.5. The smallest absolute Gasteiger partial charge is 0.240 e. The first-order valence-corrected chi connectivity index (χ1v) is 21.6. The van der Waals surface area contributed by atoms with E-state index in [0.717, 1.165) is 19.5 Å². The highest BCUT2D eigenvalue weighted by Gasteiger charge is 2.42. The van der Waals surface area contributed by atoms with Crippen molar-refractivity contribution in [1.29, 1.82) is 0 Å². The SMILES string of the molecule is [2H]c1c([2H])c([2H])c(-c2cccc([Si](c3ccccc3)(c3ccccc3)c3cccc(-c4nc(-n5c6c([2H])c([2H])c([2H])c([2H])c6c6c([2H])c([2H])c([2H])c([2H])c65)nc(-n5c6c([2H])c([2H])c([2H])c([2H])c6c6c([2H])c([2H])c([2H])c([2H])c65)n4)c3)c2)c([2H])c1[2H]. The summed E-state index contributed by atoms with van der Waals surface area (Å²) in [4.78, 5) is 14.8. The Balaban J connectivity index is 1.25. The average molecular weight is 843 g/mol. The molecule has 0 aliphatic rings. The van der Waals surface area contributed by atoms with E-state index in [0.29, 0.717) is 15.9 Å². The van der Waals surface area contributed by atoms with Gasteiger partial charge in [0.15, 0.2) is 13.9 Å². The quantitative estimate of drug-likeness (QED) is 0.113. The van der Waals surface area contributed by atoms with Crippen molar-refractivity contribution in [3.05, 3.63) is 236 Å². The lowest BCUT2D eigenvalue weighted by atomic mass is 10.1. The fourth-order valence-electron chi connectivity index (χ4n) is 8.49. The molecule has 3 heterocycles. The molecule has 296 valence electrons. The predicted octanol–water partition coefficient (Wildman–Crippen LogP) is 10.8. The number of fused-ring (bicyclic) bond motifs is 6. The summed E-state index contributed by atoms with van der Waals surface area (Å²) in [5, 5.41) is 1.72. The maximum Gasteiger partial charge on any atom is 0.240 e. The maximum atomic E-state index is 9.36. The van der Waals surface area contributed by atoms with Gasteiger partial charge in [0.1, 0.15) is 0 Å². The van der Waals surface area contributed by atoms with Crippen LogP contribution in [0.25, 0.3) is 78.0 Å². The molecule has 9 aromatic carbocycles. The van der Waals surface area contributed by atoms with Crippen LogP contribution >= 0.6 is 0 Å². The zero-order valence-electron chi connectivity index (χ0n) is 53.6. The van der Waals surface area contributed by atoms with Crippen LogP contribution in [0.3, 0.4) is 0 Å². The maximum absolute atomic E-state index is 9.36. The Labute approximate surface area is 395 Å². The minimum Gasteiger partial charge on any atom is -0.278 e. The third kappa shape index (κ3) is 5.95. The van der Waals surface area contributed by atoms with Gasteiger partial charge in [-0.05, 0) is 56.0 Å². The summed E-state index contributed by atoms with van der Waals surface area (Å²) < 4.78 is 190. The first-order valence-electron chi connectivity index (χ1n) is 30.1. The van der Waals surface area contributed by atoms with Gasteiger partial charge < -0.3 is 0 Å². The fraction of sp³-hybridized carbons (Fsp3) is 0. The lowest BCUT2D eigenvalue weighted by Gasteiger charge is -2.35. The first-order chi connectivity index (χ1) is 40.0. The summed E-state index contributed by atoms with van der Waals surface area (Å²) in [7, 11) is -3.75. The second kappa shape index (κ2) is 15.1. The van der Waals surface area contributed by atoms with E-state index in [1.165, 1.54) is 0 Å². The predicted molar refractivity (Wildman–Crippen MR) is 263 cm³/mol. The first kappa shape index (κ1) is 21.1. The zero-order chi connectivity index (χ0) is 60.0. The summed E-state index contributed by atoms with van der Waals surface area (Å²) in [6.07, 6.45) is 0. The number of benzene rings is 9. The Morgan fingerprint density at radius 2 is 0.714 bits per heavy atom. The number of hydrogen-bond donors (Lipinski definition) is 0. The average Bonchev–Trinajstić information content (AvgIpc) is 1.61. The molecule has 0 N–H and O–H groups in total. The molecule has 0 unspecified atom stereocenters. The van der Waals surface area contributed by atoms with Crippen LogP contribution in [-0.2, 0) is 0 Å². The van der Waals surface area contributed by atoms with Gasteiger partial charge in [0.25, 0.3) is 0 Å². The molecule has 0 spiro atoms. The van der Waals surface area contributed by atoms with Gasteiger partial charge in [-0.25, -0.2) is 0 Å². The minimum atomic E-state index is -3.75. The largest absolute Gasteiger partial charge is 0.278 e. The van der Waals surface area contributed by atoms with Crippen molar-refractivity contribution in [3.8, 4) is 34.4 Å². The van der Waals surface area contributed by atoms with Crippen LogP contribution in [0.1, 0.15) is 28.8 Å². The molecule has 12 rings (SSSR count). The van der Waals surface area contributed by atoms with Gasteiger partial charge >= 0.3 is 0 Å². The van der Waals surface area contributed by atoms with Gasteiger partial charge in [-0.3, -0.25) is 9.13 Å². The van der Waals surface area contributed by atoms with E-state index in [1.54, 1.807) is 30.3 Å². The second-order valence-electron chi connectivity index (χ2n) is 14.5. The van der Waals surface area contributed by atoms with E-state index in [2.05, 4.69) is 0 Å². The van der Waals surface area contributed by atoms with Crippen molar-refractivity contribution in [3.63, 3.8) is 0 Å². The van der Waals surface area contributed by atoms with E-state index < -0.39 is 147 Å². The molecule has 0 aliphatic carbocycles. The molecule has 0 saturated carbocycles. The van der Waals surface area contributed by atoms with Gasteiger partial charge in [0, 0.05) is 27.1 Å². The second-order valence-corrected chi connectivity index (χ2v) is 18.3. The van der Waals surface area contributed by atoms with E-state index in [1.807, 2.05) is 78.9 Å². The molecule has 5 nitrogen and oxygen atoms in total. The van der Waals surface area contributed by atoms with E-state index in [-0.39, 0.29) is 60.6 Å². The van der Waals surface area contributed by atoms with Crippen molar-refractivity contribution in [2.24, 2.45) is 0 Å². The lowest BCUT2D eigenvalue weighted by molar-refractivity contribution is 0.893. The van der Waals surface area contributed by atoms with Gasteiger partial charge in [-0.15, -0.1) is 0 Å². The van der Waals surface area contributed by atoms with Gasteiger partial charge in [0.05, 0.1) is 50.9 Å². The Kier molecular flexibility index (Phi) is 5.03. The number of hydrogen-bond acceptors (Lipinski definition) is 3. The summed E-state index contributed by atoms with van der Waals surface area (Å²) in [6.45, 7) is 0. The molecule has 0 amide bonds. The van der Waals surface area contributed by atoms with Crippen molar-refractivity contribution >= 4 is 72.4 Å². The molecule has 3 aromatic heterocycles. The third-order valence-electron chi connectivity index (χ3n) is 11.1. The van der Waals surface area contributed by atoms with Gasteiger partial charge in [-0.1, -0.05) is 212 Å². The number of rotatable bonds is 8. The molecule has 12 aromatic rings. The third-order valence-corrected chi connectivity index (χ3v) is 15.9. The number of nitrogens with zero attached hydrogens (tertiary/aromatic N) is 5. The molecule has 0 radical (unpaired) electrons. The Bertz CT molecular complexity index is 4480. The van der Waals surface area contributed by atoms with Crippen molar-refractivity contribution in [1.82, 2.24) is 24.1 Å². The van der Waals surface area contributed by atoms with E-state index >= 15 is 0 Å². The molecular formula is C57H39N5Si. The molecule has 0 fully saturated rings. The van der Waals surface area contributed by atoms with Crippen LogP contribution < -0.4 is 20.7 Å². The Morgan fingerprint density at radius 3 is 1.17 bits per heavy atom. The molecule has 63 heavy (non-hydrogen) atoms. The Morgan fingerprint density at radius 1 is 0.333 bits per heavy atom. The van der Waals surface area contributed by atoms with Gasteiger partial charge in [-0.2, -0.15) is 15.0 Å². The van der Waals surface area contributed by atoms with Crippen LogP contribution in [0.2, 0.25) is 0 Å². The highest BCUT2D eigenvalue weighted by atomic mass is 28.3. The molecule has 6 heteroatoms. The monoisotopic (exact) mass is 842 g/mol. The highest BCUT2D eigenvalue weighted by Crippen LogP contribution is 2.34. The van der Waals surface area contributed by atoms with E-state index in [9.17, 15) is 5.48 Å². The Hall–Kier alpha value is -8.19. The molecule has 0 bridgehead atoms.